The quantitative estimate of drug-likeness (QED) is 0.542. The number of nitrogens with two attached hydrogens (primary N) is 1. The summed E-state index contributed by atoms with van der Waals surface area (Å²) < 4.78 is 28.4. The molecule has 180 valence electrons. The fraction of sp³-hybridized carbons (Fsp3) is 0.560. The van der Waals surface area contributed by atoms with Gasteiger partial charge in [0.25, 0.3) is 0 Å². The number of aliphatic hydroxyl groups is 1. The van der Waals surface area contributed by atoms with Gasteiger partial charge in [0.15, 0.2) is 0 Å². The molecule has 2 aromatic rings. The molecule has 0 radical (unpaired) electrons. The number of pyridine rings is 1. The maximum Gasteiger partial charge on any atom is 0.238 e. The third kappa shape index (κ3) is 5.74. The van der Waals surface area contributed by atoms with Crippen LogP contribution in [0.3, 0.4) is 0 Å². The first-order valence-corrected chi connectivity index (χ1v) is 13.5. The third-order valence-corrected chi connectivity index (χ3v) is 8.23. The number of aromatic nitrogens is 1. The van der Waals surface area contributed by atoms with E-state index in [1.807, 2.05) is 18.2 Å². The summed E-state index contributed by atoms with van der Waals surface area (Å²) >= 11 is 0. The number of benzene rings is 1. The van der Waals surface area contributed by atoms with Gasteiger partial charge in [-0.1, -0.05) is 18.9 Å². The van der Waals surface area contributed by atoms with Gasteiger partial charge in [-0.05, 0) is 93.4 Å². The molecule has 8 heteroatoms. The highest BCUT2D eigenvalue weighted by Gasteiger charge is 2.47. The van der Waals surface area contributed by atoms with Crippen molar-refractivity contribution in [1.29, 1.82) is 0 Å². The van der Waals surface area contributed by atoms with Crippen molar-refractivity contribution < 1.29 is 18.3 Å². The second kappa shape index (κ2) is 10.5. The largest absolute Gasteiger partial charge is 0.494 e. The first-order chi connectivity index (χ1) is 15.9. The van der Waals surface area contributed by atoms with Gasteiger partial charge in [0.1, 0.15) is 11.4 Å². The van der Waals surface area contributed by atoms with E-state index in [1.165, 1.54) is 25.0 Å². The molecule has 2 heterocycles. The summed E-state index contributed by atoms with van der Waals surface area (Å²) in [5.41, 5.74) is 0.0214. The summed E-state index contributed by atoms with van der Waals surface area (Å²) in [5.74, 6) is 1.18. The van der Waals surface area contributed by atoms with Gasteiger partial charge in [0.05, 0.1) is 17.2 Å². The Balaban J connectivity index is 1.26. The van der Waals surface area contributed by atoms with E-state index in [1.54, 1.807) is 18.3 Å². The van der Waals surface area contributed by atoms with E-state index >= 15 is 0 Å². The highest BCUT2D eigenvalue weighted by atomic mass is 32.2. The minimum Gasteiger partial charge on any atom is -0.494 e. The summed E-state index contributed by atoms with van der Waals surface area (Å²) in [5, 5.41) is 17.1. The summed E-state index contributed by atoms with van der Waals surface area (Å²) in [4.78, 5) is 7.10. The Kier molecular flexibility index (Phi) is 7.69. The zero-order valence-electron chi connectivity index (χ0n) is 19.1. The molecule has 7 nitrogen and oxygen atoms in total. The Labute approximate surface area is 197 Å². The van der Waals surface area contributed by atoms with Crippen molar-refractivity contribution in [2.24, 2.45) is 17.0 Å². The van der Waals surface area contributed by atoms with Crippen LogP contribution in [0, 0.1) is 11.8 Å². The average molecular weight is 474 g/mol. The van der Waals surface area contributed by atoms with E-state index in [2.05, 4.69) is 9.88 Å². The molecule has 1 atom stereocenters. The highest BCUT2D eigenvalue weighted by molar-refractivity contribution is 7.89. The van der Waals surface area contributed by atoms with Crippen LogP contribution in [0.4, 0.5) is 0 Å². The van der Waals surface area contributed by atoms with E-state index in [0.29, 0.717) is 18.3 Å². The van der Waals surface area contributed by atoms with Crippen LogP contribution in [-0.2, 0) is 15.6 Å². The second-order valence-corrected chi connectivity index (χ2v) is 10.9. The van der Waals surface area contributed by atoms with Gasteiger partial charge < -0.3 is 14.7 Å². The highest BCUT2D eigenvalue weighted by Crippen LogP contribution is 2.47. The van der Waals surface area contributed by atoms with E-state index in [4.69, 9.17) is 9.88 Å². The second-order valence-electron chi connectivity index (χ2n) is 9.36. The molecule has 0 bridgehead atoms. The Morgan fingerprint density at radius 1 is 1.03 bits per heavy atom. The zero-order valence-corrected chi connectivity index (χ0v) is 19.9. The monoisotopic (exact) mass is 473 g/mol. The smallest absolute Gasteiger partial charge is 0.238 e. The number of ether oxygens (including phenoxy) is 1. The van der Waals surface area contributed by atoms with Crippen LogP contribution in [0.5, 0.6) is 5.75 Å². The first-order valence-electron chi connectivity index (χ1n) is 12.0. The minimum atomic E-state index is -3.68. The average Bonchev–Trinajstić information content (AvgIpc) is 3.38. The van der Waals surface area contributed by atoms with Crippen molar-refractivity contribution in [3.63, 3.8) is 0 Å². The van der Waals surface area contributed by atoms with Crippen molar-refractivity contribution in [3.05, 3.63) is 54.4 Å². The van der Waals surface area contributed by atoms with Gasteiger partial charge in [0, 0.05) is 12.7 Å². The van der Waals surface area contributed by atoms with Crippen molar-refractivity contribution in [1.82, 2.24) is 9.88 Å². The van der Waals surface area contributed by atoms with Crippen LogP contribution >= 0.6 is 0 Å². The van der Waals surface area contributed by atoms with Crippen LogP contribution < -0.4 is 9.88 Å². The Bertz CT molecular complexity index is 986. The standard InChI is InChI=1S/C25H35N3O4S/c26-33(30,31)23-11-9-22(10-12-23)32-19-5-16-28-17-13-21(14-18-28)25(29,20-6-1-2-7-20)24-8-3-4-15-27-24/h3-4,8-12,15,20-21,29H,1-2,5-7,13-14,16-19H2,(H2,26,30,31)/t25-/m1/s1. The molecule has 0 amide bonds. The molecule has 0 unspecified atom stereocenters. The van der Waals surface area contributed by atoms with Gasteiger partial charge in [-0.25, -0.2) is 13.6 Å². The summed E-state index contributed by atoms with van der Waals surface area (Å²) in [7, 11) is -3.68. The molecule has 1 aliphatic carbocycles. The molecular weight excluding hydrogens is 438 g/mol. The predicted octanol–water partition coefficient (Wildman–Crippen LogP) is 3.29. The fourth-order valence-corrected chi connectivity index (χ4v) is 6.03. The number of nitrogens with zero attached hydrogens (tertiary/aromatic N) is 2. The van der Waals surface area contributed by atoms with Gasteiger partial charge in [-0.15, -0.1) is 0 Å². The lowest BCUT2D eigenvalue weighted by molar-refractivity contribution is -0.0965. The molecule has 4 rings (SSSR count). The SMILES string of the molecule is NS(=O)(=O)c1ccc(OCCCN2CCC([C@@](O)(c3ccccn3)C3CCCC3)CC2)cc1. The first kappa shape index (κ1) is 24.1. The number of sulfonamides is 1. The number of rotatable bonds is 9. The van der Waals surface area contributed by atoms with Crippen LogP contribution in [0.1, 0.15) is 50.6 Å². The molecule has 1 saturated carbocycles. The van der Waals surface area contributed by atoms with Gasteiger partial charge in [-0.3, -0.25) is 4.98 Å². The Morgan fingerprint density at radius 3 is 2.30 bits per heavy atom. The molecular formula is C25H35N3O4S. The van der Waals surface area contributed by atoms with Crippen molar-refractivity contribution in [2.75, 3.05) is 26.2 Å². The topological polar surface area (TPSA) is 106 Å². The lowest BCUT2D eigenvalue weighted by atomic mass is 9.70. The Morgan fingerprint density at radius 2 is 1.70 bits per heavy atom. The summed E-state index contributed by atoms with van der Waals surface area (Å²) in [6, 6.07) is 12.1. The maximum atomic E-state index is 12.0. The van der Waals surface area contributed by atoms with Crippen molar-refractivity contribution in [3.8, 4) is 5.75 Å². The minimum absolute atomic E-state index is 0.0842. The van der Waals surface area contributed by atoms with Gasteiger partial charge in [0.2, 0.25) is 10.0 Å². The number of primary sulfonamides is 1. The molecule has 1 saturated heterocycles. The molecule has 2 aliphatic rings. The number of likely N-dealkylation sites (tertiary alicyclic amines) is 1. The molecule has 1 aromatic heterocycles. The number of hydrogen-bond donors (Lipinski definition) is 2. The van der Waals surface area contributed by atoms with Crippen LogP contribution in [0.2, 0.25) is 0 Å². The van der Waals surface area contributed by atoms with Crippen LogP contribution in [-0.4, -0.2) is 49.6 Å². The zero-order chi connectivity index (χ0) is 23.3. The van der Waals surface area contributed by atoms with E-state index in [0.717, 1.165) is 57.4 Å². The van der Waals surface area contributed by atoms with Gasteiger partial charge in [-0.2, -0.15) is 0 Å². The van der Waals surface area contributed by atoms with Gasteiger partial charge >= 0.3 is 0 Å². The lowest BCUT2D eigenvalue weighted by Crippen LogP contribution is -2.47. The normalized spacial score (nSPS) is 20.5. The predicted molar refractivity (Wildman–Crippen MR) is 127 cm³/mol. The van der Waals surface area contributed by atoms with Crippen molar-refractivity contribution in [2.45, 2.75) is 55.4 Å². The molecule has 3 N–H and O–H groups in total. The van der Waals surface area contributed by atoms with Crippen molar-refractivity contribution >= 4 is 10.0 Å². The summed E-state index contributed by atoms with van der Waals surface area (Å²) in [6.45, 7) is 3.44. The number of piperidine rings is 1. The molecule has 0 spiro atoms. The molecule has 33 heavy (non-hydrogen) atoms. The number of hydrogen-bond acceptors (Lipinski definition) is 6. The fourth-order valence-electron chi connectivity index (χ4n) is 5.52. The van der Waals surface area contributed by atoms with E-state index < -0.39 is 15.6 Å². The lowest BCUT2D eigenvalue weighted by Gasteiger charge is -2.44. The third-order valence-electron chi connectivity index (χ3n) is 7.30. The molecule has 2 fully saturated rings. The Hall–Kier alpha value is -2.00. The van der Waals surface area contributed by atoms with E-state index in [-0.39, 0.29) is 10.8 Å². The van der Waals surface area contributed by atoms with E-state index in [9.17, 15) is 13.5 Å². The maximum absolute atomic E-state index is 12.0. The summed E-state index contributed by atoms with van der Waals surface area (Å²) in [6.07, 6.45) is 9.19. The molecule has 1 aromatic carbocycles. The molecule has 1 aliphatic heterocycles. The van der Waals surface area contributed by atoms with Crippen LogP contribution in [0.25, 0.3) is 0 Å². The van der Waals surface area contributed by atoms with Crippen LogP contribution in [0.15, 0.2) is 53.6 Å².